The second-order valence-electron chi connectivity index (χ2n) is 1.21. The largest absolute Gasteiger partial charge is 0.229 e. The Kier molecular flexibility index (Phi) is 1.59. The Labute approximate surface area is 38.1 Å². The molecule has 0 aliphatic carbocycles. The Morgan fingerprint density at radius 2 is 1.67 bits per heavy atom. The van der Waals surface area contributed by atoms with Crippen LogP contribution in [0.25, 0.3) is 0 Å². The molecule has 0 saturated heterocycles. The maximum absolute atomic E-state index is 10.0. The molecule has 0 rings (SSSR count). The summed E-state index contributed by atoms with van der Waals surface area (Å²) in [5.41, 5.74) is 0. The zero-order chi connectivity index (χ0) is 5.21. The Bertz CT molecular complexity index is 111. The number of hydrogen-bond donors (Lipinski definition) is 0. The second kappa shape index (κ2) is 1.60. The molecule has 0 N–H and O–H groups in total. The van der Waals surface area contributed by atoms with Gasteiger partial charge in [0.2, 0.25) is 0 Å². The average Bonchev–Trinajstić information content (AvgIpc) is 1.35. The van der Waals surface area contributed by atoms with E-state index in [0.29, 0.717) is 0 Å². The van der Waals surface area contributed by atoms with Gasteiger partial charge in [-0.1, -0.05) is 6.92 Å². The molecule has 0 unspecified atom stereocenters. The molecule has 0 bridgehead atoms. The van der Waals surface area contributed by atoms with E-state index in [1.165, 1.54) is 6.26 Å². The first-order chi connectivity index (χ1) is 2.56. The second-order valence-corrected chi connectivity index (χ2v) is 3.64. The van der Waals surface area contributed by atoms with Gasteiger partial charge in [-0.2, -0.15) is 0 Å². The van der Waals surface area contributed by atoms with Crippen LogP contribution < -0.4 is 0 Å². The van der Waals surface area contributed by atoms with Crippen molar-refractivity contribution in [1.29, 1.82) is 0 Å². The third-order valence-electron chi connectivity index (χ3n) is 0.524. The van der Waals surface area contributed by atoms with E-state index in [-0.39, 0.29) is 5.75 Å². The molecule has 0 aromatic carbocycles. The minimum Gasteiger partial charge on any atom is -0.229 e. The van der Waals surface area contributed by atoms with Crippen LogP contribution in [0.1, 0.15) is 6.92 Å². The first kappa shape index (κ1) is 5.95. The van der Waals surface area contributed by atoms with Gasteiger partial charge in [0.25, 0.3) is 0 Å². The fourth-order valence-electron chi connectivity index (χ4n) is 0. The molecule has 0 aromatic rings. The predicted molar refractivity (Wildman–Crippen MR) is 25.4 cm³/mol. The van der Waals surface area contributed by atoms with Crippen molar-refractivity contribution < 1.29 is 8.42 Å². The third-order valence-corrected chi connectivity index (χ3v) is 1.57. The molecule has 0 atom stereocenters. The van der Waals surface area contributed by atoms with Crippen LogP contribution in [0.5, 0.6) is 0 Å². The zero-order valence-corrected chi connectivity index (χ0v) is 4.75. The lowest BCUT2D eigenvalue weighted by molar-refractivity contribution is 0.603. The highest BCUT2D eigenvalue weighted by atomic mass is 32.2. The average molecular weight is 108 g/mol. The van der Waals surface area contributed by atoms with Gasteiger partial charge in [-0.25, -0.2) is 8.42 Å². The van der Waals surface area contributed by atoms with Crippen molar-refractivity contribution in [3.8, 4) is 0 Å². The van der Waals surface area contributed by atoms with Crippen LogP contribution in [-0.4, -0.2) is 20.4 Å². The third kappa shape index (κ3) is 3.95. The molecule has 0 radical (unpaired) electrons. The van der Waals surface area contributed by atoms with E-state index in [1.807, 2.05) is 0 Å². The summed E-state index contributed by atoms with van der Waals surface area (Å²) in [5.74, 6) is 0.243. The van der Waals surface area contributed by atoms with Gasteiger partial charge < -0.3 is 0 Å². The molecule has 38 valence electrons. The van der Waals surface area contributed by atoms with Gasteiger partial charge in [-0.3, -0.25) is 0 Å². The van der Waals surface area contributed by atoms with Crippen molar-refractivity contribution in [3.63, 3.8) is 0 Å². The highest BCUT2D eigenvalue weighted by Gasteiger charge is 1.90. The maximum atomic E-state index is 10.0. The summed E-state index contributed by atoms with van der Waals surface area (Å²) >= 11 is 0. The quantitative estimate of drug-likeness (QED) is 0.475. The Hall–Kier alpha value is -0.0500. The lowest BCUT2D eigenvalue weighted by Gasteiger charge is -1.81. The van der Waals surface area contributed by atoms with E-state index in [9.17, 15) is 8.42 Å². The van der Waals surface area contributed by atoms with Crippen molar-refractivity contribution in [3.05, 3.63) is 0 Å². The minimum atomic E-state index is -2.66. The normalized spacial score (nSPS) is 11.7. The predicted octanol–water partition coefficient (Wildman–Crippen LogP) is 0.0509. The summed E-state index contributed by atoms with van der Waals surface area (Å²) in [6, 6.07) is 0. The van der Waals surface area contributed by atoms with Crippen molar-refractivity contribution in [2.75, 3.05) is 12.0 Å². The molecule has 3 heteroatoms. The standard InChI is InChI=1S/C3H8O2S/c1-3-6(2,4)5/h3H2,1-2H3. The molecule has 0 aliphatic rings. The van der Waals surface area contributed by atoms with Crippen LogP contribution in [0.3, 0.4) is 0 Å². The minimum absolute atomic E-state index is 0.243. The van der Waals surface area contributed by atoms with E-state index in [4.69, 9.17) is 0 Å². The van der Waals surface area contributed by atoms with E-state index in [0.717, 1.165) is 0 Å². The summed E-state index contributed by atoms with van der Waals surface area (Å²) in [4.78, 5) is 0. The van der Waals surface area contributed by atoms with E-state index >= 15 is 0 Å². The van der Waals surface area contributed by atoms with Gasteiger partial charge in [0.15, 0.2) is 0 Å². The first-order valence-electron chi connectivity index (χ1n) is 1.74. The Morgan fingerprint density at radius 1 is 1.50 bits per heavy atom. The van der Waals surface area contributed by atoms with Gasteiger partial charge in [0.05, 0.1) is 0 Å². The van der Waals surface area contributed by atoms with Crippen LogP contribution in [0.2, 0.25) is 0 Å². The first-order valence-corrected chi connectivity index (χ1v) is 3.80. The van der Waals surface area contributed by atoms with Crippen LogP contribution >= 0.6 is 0 Å². The van der Waals surface area contributed by atoms with Crippen molar-refractivity contribution >= 4 is 9.84 Å². The van der Waals surface area contributed by atoms with Crippen LogP contribution in [0, 0.1) is 0 Å². The number of sulfone groups is 1. The molecule has 0 spiro atoms. The van der Waals surface area contributed by atoms with Crippen molar-refractivity contribution in [2.24, 2.45) is 0 Å². The van der Waals surface area contributed by atoms with Gasteiger partial charge in [-0.05, 0) is 0 Å². The summed E-state index contributed by atoms with van der Waals surface area (Å²) in [5, 5.41) is 0. The van der Waals surface area contributed by atoms with Crippen molar-refractivity contribution in [2.45, 2.75) is 6.92 Å². The molecular weight excluding hydrogens is 100 g/mol. The topological polar surface area (TPSA) is 34.1 Å². The zero-order valence-electron chi connectivity index (χ0n) is 3.93. The summed E-state index contributed by atoms with van der Waals surface area (Å²) in [7, 11) is -2.66. The van der Waals surface area contributed by atoms with Crippen molar-refractivity contribution in [1.82, 2.24) is 0 Å². The Balaban J connectivity index is 3.85. The highest BCUT2D eigenvalue weighted by Crippen LogP contribution is 1.75. The Morgan fingerprint density at radius 3 is 1.67 bits per heavy atom. The molecule has 0 fully saturated rings. The summed E-state index contributed by atoms with van der Waals surface area (Å²) in [6.45, 7) is 1.62. The van der Waals surface area contributed by atoms with E-state index < -0.39 is 9.84 Å². The maximum Gasteiger partial charge on any atom is 0.147 e. The van der Waals surface area contributed by atoms with Crippen LogP contribution in [0.4, 0.5) is 0 Å². The van der Waals surface area contributed by atoms with E-state index in [1.54, 1.807) is 6.92 Å². The monoisotopic (exact) mass is 108 g/mol. The van der Waals surface area contributed by atoms with Crippen LogP contribution in [-0.2, 0) is 9.84 Å². The van der Waals surface area contributed by atoms with Crippen LogP contribution in [0.15, 0.2) is 0 Å². The number of rotatable bonds is 1. The van der Waals surface area contributed by atoms with E-state index in [2.05, 4.69) is 0 Å². The molecule has 2 nitrogen and oxygen atoms in total. The fraction of sp³-hybridized carbons (Fsp3) is 1.00. The highest BCUT2D eigenvalue weighted by molar-refractivity contribution is 7.90. The molecular formula is C3H8O2S. The molecule has 0 aliphatic heterocycles. The fourth-order valence-corrected chi connectivity index (χ4v) is 0. The summed E-state index contributed by atoms with van der Waals surface area (Å²) < 4.78 is 20.0. The van der Waals surface area contributed by atoms with Gasteiger partial charge in [-0.15, -0.1) is 0 Å². The SMILES string of the molecule is CCS(C)(=O)=O. The molecule has 0 heterocycles. The van der Waals surface area contributed by atoms with Gasteiger partial charge >= 0.3 is 0 Å². The molecule has 0 saturated carbocycles. The molecule has 6 heavy (non-hydrogen) atoms. The van der Waals surface area contributed by atoms with Gasteiger partial charge in [0, 0.05) is 12.0 Å². The molecule has 0 aromatic heterocycles. The lowest BCUT2D eigenvalue weighted by Crippen LogP contribution is -1.96. The summed E-state index contributed by atoms with van der Waals surface area (Å²) in [6.07, 6.45) is 1.22. The number of hydrogen-bond acceptors (Lipinski definition) is 2. The smallest absolute Gasteiger partial charge is 0.147 e. The van der Waals surface area contributed by atoms with Gasteiger partial charge in [0.1, 0.15) is 9.84 Å². The molecule has 0 amide bonds. The lowest BCUT2D eigenvalue weighted by atomic mass is 11.0.